The van der Waals surface area contributed by atoms with Crippen molar-refractivity contribution < 1.29 is 31.4 Å². The molecule has 0 saturated carbocycles. The third-order valence-corrected chi connectivity index (χ3v) is 10.8. The number of aliphatic hydroxyl groups excluding tert-OH is 1. The zero-order chi connectivity index (χ0) is 37.1. The number of ketones is 1. The van der Waals surface area contributed by atoms with E-state index in [0.29, 0.717) is 0 Å². The number of hydrogen-bond donors (Lipinski definition) is 1. The van der Waals surface area contributed by atoms with Crippen LogP contribution in [0.4, 0.5) is 0 Å². The van der Waals surface area contributed by atoms with E-state index in [-0.39, 0.29) is 60.6 Å². The molecule has 7 heteroatoms. The van der Waals surface area contributed by atoms with Crippen molar-refractivity contribution in [1.82, 2.24) is 15.0 Å². The Balaban J connectivity index is 0.000000374. The second kappa shape index (κ2) is 17.0. The molecule has 5 aromatic rings. The van der Waals surface area contributed by atoms with Crippen LogP contribution in [-0.2, 0) is 36.7 Å². The molecule has 3 aromatic heterocycles. The molecule has 0 spiro atoms. The summed E-state index contributed by atoms with van der Waals surface area (Å²) in [7, 11) is 0. The fourth-order valence-corrected chi connectivity index (χ4v) is 7.72. The average Bonchev–Trinajstić information content (AvgIpc) is 3.41. The van der Waals surface area contributed by atoms with Crippen molar-refractivity contribution >= 4 is 48.3 Å². The van der Waals surface area contributed by atoms with Gasteiger partial charge in [0, 0.05) is 69.7 Å². The van der Waals surface area contributed by atoms with Crippen LogP contribution in [0.3, 0.4) is 0 Å². The molecule has 5 nitrogen and oxygen atoms in total. The SMILES string of the molecule is CCC(CC)C(=O)/C=C(\O)C(CC)CC.[2H]c1nc(-c2[c-]c3ccc(C)nc3c(C(C)(C)C)c2)c2sc3c(C)c(CC(C)(C)C)ccc3c2n1.[Ir]. The predicted molar refractivity (Wildman–Crippen MR) is 210 cm³/mol. The predicted octanol–water partition coefficient (Wildman–Crippen LogP) is 12.2. The maximum atomic E-state index is 11.7. The molecular weight excluding hydrogens is 815 g/mol. The number of rotatable bonds is 9. The summed E-state index contributed by atoms with van der Waals surface area (Å²) < 4.78 is 10.7. The van der Waals surface area contributed by atoms with Gasteiger partial charge in [-0.15, -0.1) is 29.5 Å². The summed E-state index contributed by atoms with van der Waals surface area (Å²) in [5.41, 5.74) is 8.46. The van der Waals surface area contributed by atoms with E-state index >= 15 is 0 Å². The van der Waals surface area contributed by atoms with Gasteiger partial charge in [0.1, 0.15) is 7.67 Å². The molecule has 5 rings (SSSR count). The Bertz CT molecular complexity index is 2030. The van der Waals surface area contributed by atoms with Crippen molar-refractivity contribution in [2.45, 2.75) is 121 Å². The van der Waals surface area contributed by atoms with Crippen LogP contribution in [-0.4, -0.2) is 25.8 Å². The van der Waals surface area contributed by atoms with Crippen molar-refractivity contribution in [2.24, 2.45) is 17.3 Å². The average molecular weight is 872 g/mol. The maximum Gasteiger partial charge on any atom is 0.162 e. The van der Waals surface area contributed by atoms with Gasteiger partial charge in [0.05, 0.1) is 11.3 Å². The number of nitrogens with zero attached hydrogens (tertiary/aromatic N) is 3. The van der Waals surface area contributed by atoms with Gasteiger partial charge in [-0.05, 0) is 67.9 Å². The van der Waals surface area contributed by atoms with Crippen molar-refractivity contribution in [3.8, 4) is 11.3 Å². The summed E-state index contributed by atoms with van der Waals surface area (Å²) in [6.45, 7) is 25.8. The number of carbonyl (C=O) groups is 1. The number of allylic oxidation sites excluding steroid dienone is 2. The van der Waals surface area contributed by atoms with Crippen LogP contribution in [0.15, 0.2) is 48.5 Å². The third kappa shape index (κ3) is 9.46. The van der Waals surface area contributed by atoms with Gasteiger partial charge in [0.2, 0.25) is 0 Å². The first-order chi connectivity index (χ1) is 23.4. The summed E-state index contributed by atoms with van der Waals surface area (Å²) in [6.07, 6.45) is 5.96. The number of fused-ring (bicyclic) bond motifs is 4. The minimum atomic E-state index is -0.0998. The molecule has 0 aliphatic carbocycles. The van der Waals surface area contributed by atoms with Gasteiger partial charge in [0.25, 0.3) is 0 Å². The van der Waals surface area contributed by atoms with E-state index in [2.05, 4.69) is 88.8 Å². The van der Waals surface area contributed by atoms with Crippen molar-refractivity contribution in [2.75, 3.05) is 0 Å². The van der Waals surface area contributed by atoms with Crippen molar-refractivity contribution in [3.63, 3.8) is 0 Å². The van der Waals surface area contributed by atoms with Crippen LogP contribution in [0.2, 0.25) is 0 Å². The Labute approximate surface area is 319 Å². The second-order valence-electron chi connectivity index (χ2n) is 15.6. The van der Waals surface area contributed by atoms with E-state index in [9.17, 15) is 9.90 Å². The smallest absolute Gasteiger partial charge is 0.162 e. The number of pyridine rings is 1. The van der Waals surface area contributed by atoms with E-state index in [0.717, 1.165) is 81.1 Å². The molecule has 2 aromatic carbocycles. The topological polar surface area (TPSA) is 76.0 Å². The molecule has 50 heavy (non-hydrogen) atoms. The van der Waals surface area contributed by atoms with Crippen LogP contribution in [0, 0.1) is 37.2 Å². The molecular formula is C43H56IrN3O2S-. The molecule has 0 bridgehead atoms. The maximum absolute atomic E-state index is 11.7. The Morgan fingerprint density at radius 2 is 1.56 bits per heavy atom. The molecule has 0 fully saturated rings. The number of benzene rings is 2. The number of aryl methyl sites for hydroxylation is 2. The molecule has 0 aliphatic rings. The van der Waals surface area contributed by atoms with Crippen molar-refractivity contribution in [1.29, 1.82) is 0 Å². The number of thiophene rings is 1. The van der Waals surface area contributed by atoms with Gasteiger partial charge >= 0.3 is 0 Å². The monoisotopic (exact) mass is 872 g/mol. The normalized spacial score (nSPS) is 12.8. The summed E-state index contributed by atoms with van der Waals surface area (Å²) in [5, 5.41) is 11.8. The fraction of sp³-hybridized carbons (Fsp3) is 0.488. The zero-order valence-electron chi connectivity index (χ0n) is 33.1. The second-order valence-corrected chi connectivity index (χ2v) is 16.6. The van der Waals surface area contributed by atoms with E-state index in [1.165, 1.54) is 21.9 Å². The summed E-state index contributed by atoms with van der Waals surface area (Å²) in [4.78, 5) is 25.8. The fourth-order valence-electron chi connectivity index (χ4n) is 6.45. The number of hydrogen-bond acceptors (Lipinski definition) is 6. The first kappa shape index (κ1) is 39.8. The standard InChI is InChI=1S/C30H32N3S.C13H24O2.Ir/c1-17-9-10-19-13-21(14-23(24(19)33-17)30(6,7)8)25-28-26(32-16-31-25)22-12-11-20(15-29(3,4)5)18(2)27(22)34-28;1-5-10(6-2)12(14)9-13(15)11(7-3)8-4;/h9-12,14,16H,15H2,1-8H3;9-11,14H,5-8H2,1-4H3;/q-1;;/b;12-9-;/i16D;;. The molecule has 0 aliphatic heterocycles. The van der Waals surface area contributed by atoms with Gasteiger partial charge < -0.3 is 5.11 Å². The summed E-state index contributed by atoms with van der Waals surface area (Å²) >= 11 is 1.74. The minimum Gasteiger partial charge on any atom is -0.512 e. The zero-order valence-corrected chi connectivity index (χ0v) is 35.3. The van der Waals surface area contributed by atoms with Crippen LogP contribution < -0.4 is 0 Å². The molecule has 3 heterocycles. The van der Waals surface area contributed by atoms with Crippen LogP contribution >= 0.6 is 11.3 Å². The Hall–Kier alpha value is -2.99. The minimum absolute atomic E-state index is 0. The largest absolute Gasteiger partial charge is 0.512 e. The van der Waals surface area contributed by atoms with Gasteiger partial charge in [-0.25, -0.2) is 4.98 Å². The van der Waals surface area contributed by atoms with E-state index in [1.54, 1.807) is 11.3 Å². The first-order valence-corrected chi connectivity index (χ1v) is 18.7. The van der Waals surface area contributed by atoms with E-state index in [1.807, 2.05) is 40.7 Å². The van der Waals surface area contributed by atoms with E-state index < -0.39 is 0 Å². The first-order valence-electron chi connectivity index (χ1n) is 18.4. The number of carbonyl (C=O) groups excluding carboxylic acids is 1. The molecule has 0 unspecified atom stereocenters. The van der Waals surface area contributed by atoms with Crippen molar-refractivity contribution in [3.05, 3.63) is 76.9 Å². The Morgan fingerprint density at radius 3 is 2.14 bits per heavy atom. The Morgan fingerprint density at radius 1 is 0.920 bits per heavy atom. The van der Waals surface area contributed by atoms with Crippen LogP contribution in [0.1, 0.15) is 119 Å². The molecule has 1 radical (unpaired) electrons. The molecule has 0 atom stereocenters. The van der Waals surface area contributed by atoms with Gasteiger partial charge in [0.15, 0.2) is 5.78 Å². The molecule has 0 saturated heterocycles. The van der Waals surface area contributed by atoms with Gasteiger partial charge in [-0.3, -0.25) is 14.8 Å². The number of aliphatic hydroxyl groups is 1. The number of aromatic nitrogens is 3. The molecule has 0 amide bonds. The van der Waals surface area contributed by atoms with Gasteiger partial charge in [-0.2, -0.15) is 0 Å². The van der Waals surface area contributed by atoms with Crippen LogP contribution in [0.5, 0.6) is 0 Å². The van der Waals surface area contributed by atoms with E-state index in [4.69, 9.17) is 6.35 Å². The Kier molecular flexibility index (Phi) is 13.5. The summed E-state index contributed by atoms with van der Waals surface area (Å²) in [6, 6.07) is 14.3. The van der Waals surface area contributed by atoms with Crippen LogP contribution in [0.25, 0.3) is 42.5 Å². The molecule has 271 valence electrons. The quantitative estimate of drug-likeness (QED) is 0.0907. The third-order valence-electron chi connectivity index (χ3n) is 9.44. The molecule has 1 N–H and O–H groups in total. The van der Waals surface area contributed by atoms with Gasteiger partial charge in [-0.1, -0.05) is 104 Å². The summed E-state index contributed by atoms with van der Waals surface area (Å²) in [5.74, 6) is 0.547.